The van der Waals surface area contributed by atoms with Gasteiger partial charge in [-0.05, 0) is 25.9 Å². The summed E-state index contributed by atoms with van der Waals surface area (Å²) in [5, 5.41) is 6.53. The Kier molecular flexibility index (Phi) is 1.86. The van der Waals surface area contributed by atoms with Gasteiger partial charge in [0.05, 0.1) is 6.17 Å². The maximum Gasteiger partial charge on any atom is 0.0572 e. The number of hydrogen-bond acceptors (Lipinski definition) is 2. The second-order valence-electron chi connectivity index (χ2n) is 2.59. The van der Waals surface area contributed by atoms with Crippen LogP contribution in [0.4, 0.5) is 0 Å². The molecule has 0 bridgehead atoms. The van der Waals surface area contributed by atoms with Crippen molar-refractivity contribution in [3.8, 4) is 0 Å². The van der Waals surface area contributed by atoms with Crippen LogP contribution in [0.2, 0.25) is 0 Å². The molecule has 2 N–H and O–H groups in total. The summed E-state index contributed by atoms with van der Waals surface area (Å²) in [6.45, 7) is 3.44. The van der Waals surface area contributed by atoms with Gasteiger partial charge in [0.25, 0.3) is 0 Å². The van der Waals surface area contributed by atoms with Crippen LogP contribution >= 0.6 is 0 Å². The number of nitrogens with one attached hydrogen (secondary N) is 2. The van der Waals surface area contributed by atoms with Crippen molar-refractivity contribution >= 4 is 0 Å². The Labute approximate surface area is 50.7 Å². The summed E-state index contributed by atoms with van der Waals surface area (Å²) in [5.74, 6) is 0.854. The molecule has 2 nitrogen and oxygen atoms in total. The normalized spacial score (nSPS) is 38.2. The van der Waals surface area contributed by atoms with E-state index in [1.807, 2.05) is 7.05 Å². The zero-order valence-corrected chi connectivity index (χ0v) is 5.57. The van der Waals surface area contributed by atoms with Crippen LogP contribution in [0.25, 0.3) is 0 Å². The van der Waals surface area contributed by atoms with E-state index in [1.54, 1.807) is 0 Å². The molecule has 2 unspecified atom stereocenters. The van der Waals surface area contributed by atoms with Crippen molar-refractivity contribution in [2.45, 2.75) is 19.5 Å². The molecular formula is C6H14N2. The summed E-state index contributed by atoms with van der Waals surface area (Å²) in [4.78, 5) is 0. The molecule has 0 amide bonds. The smallest absolute Gasteiger partial charge is 0.0572 e. The molecular weight excluding hydrogens is 100 g/mol. The van der Waals surface area contributed by atoms with Gasteiger partial charge in [0.2, 0.25) is 0 Å². The molecule has 1 saturated heterocycles. The Morgan fingerprint density at radius 1 is 1.62 bits per heavy atom. The molecule has 2 heteroatoms. The van der Waals surface area contributed by atoms with Crippen molar-refractivity contribution < 1.29 is 0 Å². The molecule has 2 atom stereocenters. The summed E-state index contributed by atoms with van der Waals surface area (Å²) in [6.07, 6.45) is 1.85. The highest BCUT2D eigenvalue weighted by atomic mass is 15.1. The van der Waals surface area contributed by atoms with Crippen LogP contribution < -0.4 is 10.6 Å². The molecule has 1 heterocycles. The van der Waals surface area contributed by atoms with Crippen molar-refractivity contribution in [1.29, 1.82) is 0 Å². The molecule has 8 heavy (non-hydrogen) atoms. The molecule has 1 aliphatic rings. The summed E-state index contributed by atoms with van der Waals surface area (Å²) >= 11 is 0. The molecule has 48 valence electrons. The first-order valence-corrected chi connectivity index (χ1v) is 3.23. The van der Waals surface area contributed by atoms with Crippen LogP contribution in [-0.2, 0) is 0 Å². The molecule has 1 aliphatic heterocycles. The van der Waals surface area contributed by atoms with E-state index in [1.165, 1.54) is 13.0 Å². The lowest BCUT2D eigenvalue weighted by Gasteiger charge is -2.05. The lowest BCUT2D eigenvalue weighted by molar-refractivity contribution is 0.517. The summed E-state index contributed by atoms with van der Waals surface area (Å²) in [5.41, 5.74) is 0. The quantitative estimate of drug-likeness (QED) is 0.507. The van der Waals surface area contributed by atoms with E-state index in [0.29, 0.717) is 6.17 Å². The van der Waals surface area contributed by atoms with E-state index >= 15 is 0 Å². The van der Waals surface area contributed by atoms with Crippen molar-refractivity contribution in [3.63, 3.8) is 0 Å². The summed E-state index contributed by atoms with van der Waals surface area (Å²) in [6, 6.07) is 0. The van der Waals surface area contributed by atoms with Crippen LogP contribution in [-0.4, -0.2) is 19.8 Å². The molecule has 1 rings (SSSR count). The monoisotopic (exact) mass is 114 g/mol. The molecule has 0 saturated carbocycles. The summed E-state index contributed by atoms with van der Waals surface area (Å²) < 4.78 is 0. The predicted octanol–water partition coefficient (Wildman–Crippen LogP) is 0.161. The van der Waals surface area contributed by atoms with Crippen LogP contribution in [0, 0.1) is 5.92 Å². The van der Waals surface area contributed by atoms with Gasteiger partial charge in [0, 0.05) is 0 Å². The third kappa shape index (κ3) is 1.20. The van der Waals surface area contributed by atoms with Crippen molar-refractivity contribution in [2.24, 2.45) is 5.92 Å². The molecule has 1 fully saturated rings. The number of rotatable bonds is 1. The minimum atomic E-state index is 0.574. The minimum Gasteiger partial charge on any atom is -0.305 e. The first-order chi connectivity index (χ1) is 3.83. The van der Waals surface area contributed by atoms with E-state index in [9.17, 15) is 0 Å². The van der Waals surface area contributed by atoms with Gasteiger partial charge in [-0.3, -0.25) is 0 Å². The SMILES string of the molecule is CNC1CC(C)CN1. The topological polar surface area (TPSA) is 24.1 Å². The highest BCUT2D eigenvalue weighted by molar-refractivity contribution is 4.75. The zero-order chi connectivity index (χ0) is 5.98. The van der Waals surface area contributed by atoms with Gasteiger partial charge in [-0.15, -0.1) is 0 Å². The number of hydrogen-bond donors (Lipinski definition) is 2. The van der Waals surface area contributed by atoms with Crippen LogP contribution in [0.1, 0.15) is 13.3 Å². The Morgan fingerprint density at radius 2 is 2.38 bits per heavy atom. The Bertz CT molecular complexity index is 72.9. The minimum absolute atomic E-state index is 0.574. The van der Waals surface area contributed by atoms with E-state index in [2.05, 4.69) is 17.6 Å². The average Bonchev–Trinajstić information content (AvgIpc) is 2.14. The van der Waals surface area contributed by atoms with Crippen molar-refractivity contribution in [1.82, 2.24) is 10.6 Å². The molecule has 0 aromatic heterocycles. The van der Waals surface area contributed by atoms with E-state index in [-0.39, 0.29) is 0 Å². The van der Waals surface area contributed by atoms with Gasteiger partial charge in [-0.25, -0.2) is 0 Å². The maximum atomic E-state index is 3.34. The predicted molar refractivity (Wildman–Crippen MR) is 34.6 cm³/mol. The van der Waals surface area contributed by atoms with Crippen molar-refractivity contribution in [3.05, 3.63) is 0 Å². The second-order valence-corrected chi connectivity index (χ2v) is 2.59. The van der Waals surface area contributed by atoms with Gasteiger partial charge in [0.15, 0.2) is 0 Å². The second kappa shape index (κ2) is 2.46. The van der Waals surface area contributed by atoms with Crippen LogP contribution in [0.15, 0.2) is 0 Å². The highest BCUT2D eigenvalue weighted by Gasteiger charge is 2.17. The van der Waals surface area contributed by atoms with Gasteiger partial charge in [-0.1, -0.05) is 6.92 Å². The average molecular weight is 114 g/mol. The molecule has 0 aliphatic carbocycles. The zero-order valence-electron chi connectivity index (χ0n) is 5.57. The third-order valence-electron chi connectivity index (χ3n) is 1.70. The van der Waals surface area contributed by atoms with E-state index < -0.39 is 0 Å². The van der Waals surface area contributed by atoms with Gasteiger partial charge in [-0.2, -0.15) is 0 Å². The van der Waals surface area contributed by atoms with E-state index in [4.69, 9.17) is 0 Å². The van der Waals surface area contributed by atoms with Gasteiger partial charge in [0.1, 0.15) is 0 Å². The lowest BCUT2D eigenvalue weighted by Crippen LogP contribution is -2.34. The maximum absolute atomic E-state index is 3.34. The summed E-state index contributed by atoms with van der Waals surface area (Å²) in [7, 11) is 2.00. The third-order valence-corrected chi connectivity index (χ3v) is 1.70. The molecule has 0 radical (unpaired) electrons. The van der Waals surface area contributed by atoms with Crippen LogP contribution in [0.3, 0.4) is 0 Å². The van der Waals surface area contributed by atoms with Crippen molar-refractivity contribution in [2.75, 3.05) is 13.6 Å². The van der Waals surface area contributed by atoms with E-state index in [0.717, 1.165) is 5.92 Å². The Balaban J connectivity index is 2.22. The lowest BCUT2D eigenvalue weighted by atomic mass is 10.1. The molecule has 0 aromatic carbocycles. The van der Waals surface area contributed by atoms with Gasteiger partial charge < -0.3 is 10.6 Å². The largest absolute Gasteiger partial charge is 0.305 e. The van der Waals surface area contributed by atoms with Crippen LogP contribution in [0.5, 0.6) is 0 Å². The fourth-order valence-corrected chi connectivity index (χ4v) is 1.13. The Hall–Kier alpha value is -0.0800. The van der Waals surface area contributed by atoms with Gasteiger partial charge >= 0.3 is 0 Å². The fraction of sp³-hybridized carbons (Fsp3) is 1.00. The molecule has 0 aromatic rings. The molecule has 0 spiro atoms. The first kappa shape index (κ1) is 6.05. The highest BCUT2D eigenvalue weighted by Crippen LogP contribution is 2.09. The first-order valence-electron chi connectivity index (χ1n) is 3.23. The fourth-order valence-electron chi connectivity index (χ4n) is 1.13. The standard InChI is InChI=1S/C6H14N2/c1-5-3-6(7-2)8-4-5/h5-8H,3-4H2,1-2H3. The Morgan fingerprint density at radius 3 is 2.62 bits per heavy atom.